The van der Waals surface area contributed by atoms with E-state index in [1.807, 2.05) is 6.08 Å². The summed E-state index contributed by atoms with van der Waals surface area (Å²) in [5.41, 5.74) is 9.79. The second-order valence-electron chi connectivity index (χ2n) is 10.1. The molecule has 0 fully saturated rings. The third-order valence-corrected chi connectivity index (χ3v) is 7.97. The van der Waals surface area contributed by atoms with E-state index in [1.165, 1.54) is 71.1 Å². The van der Waals surface area contributed by atoms with E-state index in [-0.39, 0.29) is 0 Å². The zero-order chi connectivity index (χ0) is 25.2. The quantitative estimate of drug-likeness (QED) is 0.134. The van der Waals surface area contributed by atoms with Gasteiger partial charge in [-0.1, -0.05) is 104 Å². The lowest BCUT2D eigenvalue weighted by Crippen LogP contribution is -2.26. The Balaban J connectivity index is 1.61. The molecule has 1 nitrogen and oxygen atoms in total. The van der Waals surface area contributed by atoms with Gasteiger partial charge < -0.3 is 0 Å². The third-order valence-electron chi connectivity index (χ3n) is 7.97. The van der Waals surface area contributed by atoms with Gasteiger partial charge in [0.05, 0.1) is 21.5 Å². The van der Waals surface area contributed by atoms with E-state index >= 15 is 0 Å². The van der Waals surface area contributed by atoms with Crippen molar-refractivity contribution in [3.8, 4) is 22.3 Å². The van der Waals surface area contributed by atoms with E-state index in [9.17, 15) is 0 Å². The minimum absolute atomic E-state index is 1.13. The van der Waals surface area contributed by atoms with E-state index < -0.39 is 0 Å². The van der Waals surface area contributed by atoms with Crippen LogP contribution in [0.1, 0.15) is 5.56 Å². The molecule has 0 saturated heterocycles. The van der Waals surface area contributed by atoms with Crippen LogP contribution in [0.3, 0.4) is 0 Å². The summed E-state index contributed by atoms with van der Waals surface area (Å²) in [6, 6.07) is 46.6. The number of hydrogen-bond donors (Lipinski definition) is 0. The van der Waals surface area contributed by atoms with E-state index in [1.54, 1.807) is 0 Å². The first-order chi connectivity index (χ1) is 18.8. The van der Waals surface area contributed by atoms with Gasteiger partial charge in [0.25, 0.3) is 0 Å². The summed E-state index contributed by atoms with van der Waals surface area (Å²) < 4.78 is 2.49. The van der Waals surface area contributed by atoms with E-state index in [4.69, 9.17) is 0 Å². The highest BCUT2D eigenvalue weighted by Crippen LogP contribution is 2.39. The second-order valence-corrected chi connectivity index (χ2v) is 10.1. The lowest BCUT2D eigenvalue weighted by molar-refractivity contribution is -0.448. The lowest BCUT2D eigenvalue weighted by atomic mass is 9.92. The van der Waals surface area contributed by atoms with Crippen molar-refractivity contribution in [2.75, 3.05) is 0 Å². The number of benzene rings is 5. The molecule has 1 heteroatoms. The highest BCUT2D eigenvalue weighted by molar-refractivity contribution is 6.22. The van der Waals surface area contributed by atoms with Gasteiger partial charge in [-0.15, -0.1) is 0 Å². The van der Waals surface area contributed by atoms with E-state index in [2.05, 4.69) is 138 Å². The first kappa shape index (κ1) is 21.1. The summed E-state index contributed by atoms with van der Waals surface area (Å²) >= 11 is 0. The SMILES string of the molecule is C=Cc1ccc(-c2cc3c4ccccc4c4cc(-c5ccccc5)cc5c6ccccc6c(c2)[n+]3c45)cc1. The van der Waals surface area contributed by atoms with Crippen molar-refractivity contribution < 1.29 is 4.40 Å². The smallest absolute Gasteiger partial charge is 0.152 e. The van der Waals surface area contributed by atoms with Crippen LogP contribution in [0.4, 0.5) is 0 Å². The molecule has 0 spiro atoms. The molecule has 0 aliphatic rings. The standard InChI is InChI=1S/C37H24N/c1-2-24-16-18-26(19-17-24)28-22-35-31-14-8-6-12-29(31)33-20-27(25-10-4-3-5-11-25)21-34-30-13-7-9-15-32(30)36(23-28)38(35)37(33)34/h2-23H,1H2/q+1. The van der Waals surface area contributed by atoms with Crippen molar-refractivity contribution in [2.24, 2.45) is 0 Å². The van der Waals surface area contributed by atoms with Crippen LogP contribution in [-0.4, -0.2) is 0 Å². The number of fused-ring (bicyclic) bond motifs is 6. The Hall–Kier alpha value is -5.01. The summed E-state index contributed by atoms with van der Waals surface area (Å²) in [6.45, 7) is 3.92. The van der Waals surface area contributed by atoms with Gasteiger partial charge in [0.15, 0.2) is 0 Å². The van der Waals surface area contributed by atoms with Crippen molar-refractivity contribution in [1.29, 1.82) is 0 Å². The van der Waals surface area contributed by atoms with Gasteiger partial charge in [-0.25, -0.2) is 0 Å². The number of aromatic nitrogens is 1. The Morgan fingerprint density at radius 3 is 1.45 bits per heavy atom. The molecule has 0 amide bonds. The summed E-state index contributed by atoms with van der Waals surface area (Å²) in [6.07, 6.45) is 1.89. The van der Waals surface area contributed by atoms with Gasteiger partial charge in [0.2, 0.25) is 16.6 Å². The minimum atomic E-state index is 1.13. The summed E-state index contributed by atoms with van der Waals surface area (Å²) in [7, 11) is 0. The maximum Gasteiger partial charge on any atom is 0.227 e. The fourth-order valence-corrected chi connectivity index (χ4v) is 6.18. The van der Waals surface area contributed by atoms with Gasteiger partial charge in [-0.2, -0.15) is 4.40 Å². The van der Waals surface area contributed by atoms with Gasteiger partial charge >= 0.3 is 0 Å². The molecule has 8 rings (SSSR count). The fraction of sp³-hybridized carbons (Fsp3) is 0. The maximum atomic E-state index is 3.92. The van der Waals surface area contributed by atoms with Crippen molar-refractivity contribution in [2.45, 2.75) is 0 Å². The molecule has 176 valence electrons. The van der Waals surface area contributed by atoms with E-state index in [0.29, 0.717) is 0 Å². The molecule has 38 heavy (non-hydrogen) atoms. The van der Waals surface area contributed by atoms with Crippen LogP contribution in [-0.2, 0) is 0 Å². The molecule has 0 unspecified atom stereocenters. The van der Waals surface area contributed by atoms with Crippen molar-refractivity contribution in [3.63, 3.8) is 0 Å². The summed E-state index contributed by atoms with van der Waals surface area (Å²) in [4.78, 5) is 0. The Kier molecular flexibility index (Phi) is 4.44. The summed E-state index contributed by atoms with van der Waals surface area (Å²) in [5.74, 6) is 0. The van der Waals surface area contributed by atoms with Crippen LogP contribution in [0.25, 0.3) is 77.2 Å². The predicted molar refractivity (Wildman–Crippen MR) is 162 cm³/mol. The minimum Gasteiger partial charge on any atom is -0.152 e. The van der Waals surface area contributed by atoms with Crippen LogP contribution >= 0.6 is 0 Å². The second kappa shape index (κ2) is 7.99. The molecule has 3 heterocycles. The van der Waals surface area contributed by atoms with E-state index in [0.717, 1.165) is 5.56 Å². The normalized spacial score (nSPS) is 11.8. The molecule has 3 aromatic heterocycles. The monoisotopic (exact) mass is 482 g/mol. The van der Waals surface area contributed by atoms with Crippen LogP contribution in [0.15, 0.2) is 134 Å². The molecule has 0 bridgehead atoms. The number of nitrogens with zero attached hydrogens (tertiary/aromatic N) is 1. The topological polar surface area (TPSA) is 4.10 Å². The van der Waals surface area contributed by atoms with Crippen LogP contribution in [0.2, 0.25) is 0 Å². The molecule has 5 aromatic carbocycles. The van der Waals surface area contributed by atoms with Gasteiger partial charge in [-0.3, -0.25) is 0 Å². The molecule has 0 aliphatic heterocycles. The largest absolute Gasteiger partial charge is 0.227 e. The van der Waals surface area contributed by atoms with Crippen LogP contribution in [0, 0.1) is 0 Å². The molecule has 0 aliphatic carbocycles. The van der Waals surface area contributed by atoms with Gasteiger partial charge in [0, 0.05) is 22.9 Å². The highest BCUT2D eigenvalue weighted by Gasteiger charge is 2.26. The number of rotatable bonds is 3. The zero-order valence-electron chi connectivity index (χ0n) is 20.9. The molecule has 0 atom stereocenters. The highest BCUT2D eigenvalue weighted by atomic mass is 14.9. The zero-order valence-corrected chi connectivity index (χ0v) is 20.9. The molecule has 8 aromatic rings. The Bertz CT molecular complexity index is 2060. The lowest BCUT2D eigenvalue weighted by Gasteiger charge is -2.14. The number of pyridine rings is 3. The summed E-state index contributed by atoms with van der Waals surface area (Å²) in [5, 5.41) is 7.67. The first-order valence-corrected chi connectivity index (χ1v) is 13.1. The molecule has 0 radical (unpaired) electrons. The molecule has 0 saturated carbocycles. The average Bonchev–Trinajstić information content (AvgIpc) is 3.00. The Morgan fingerprint density at radius 2 is 0.895 bits per heavy atom. The maximum absolute atomic E-state index is 3.92. The van der Waals surface area contributed by atoms with Crippen molar-refractivity contribution >= 4 is 54.9 Å². The average molecular weight is 483 g/mol. The van der Waals surface area contributed by atoms with Gasteiger partial charge in [-0.05, 0) is 52.1 Å². The fourth-order valence-electron chi connectivity index (χ4n) is 6.18. The Labute approximate surface area is 220 Å². The van der Waals surface area contributed by atoms with Crippen molar-refractivity contribution in [3.05, 3.63) is 140 Å². The number of hydrogen-bond acceptors (Lipinski definition) is 0. The first-order valence-electron chi connectivity index (χ1n) is 13.1. The molecule has 0 N–H and O–H groups in total. The van der Waals surface area contributed by atoms with Crippen molar-refractivity contribution in [1.82, 2.24) is 0 Å². The van der Waals surface area contributed by atoms with Gasteiger partial charge in [0.1, 0.15) is 0 Å². The molecular weight excluding hydrogens is 458 g/mol. The Morgan fingerprint density at radius 1 is 0.421 bits per heavy atom. The third kappa shape index (κ3) is 2.96. The molecular formula is C37H24N+. The van der Waals surface area contributed by atoms with Crippen LogP contribution < -0.4 is 4.40 Å². The predicted octanol–water partition coefficient (Wildman–Crippen LogP) is 9.45. The van der Waals surface area contributed by atoms with Crippen LogP contribution in [0.5, 0.6) is 0 Å².